The molecule has 0 unspecified atom stereocenters. The normalized spacial score (nSPS) is 10.5. The summed E-state index contributed by atoms with van der Waals surface area (Å²) >= 11 is 0. The summed E-state index contributed by atoms with van der Waals surface area (Å²) in [6, 6.07) is 13.3. The van der Waals surface area contributed by atoms with Crippen molar-refractivity contribution in [2.45, 2.75) is 6.42 Å². The molecule has 0 fully saturated rings. The summed E-state index contributed by atoms with van der Waals surface area (Å²) in [6.07, 6.45) is 0.550. The van der Waals surface area contributed by atoms with Crippen LogP contribution in [0.2, 0.25) is 0 Å². The average Bonchev–Trinajstić information content (AvgIpc) is 2.82. The molecular formula is C29H17F5O. The number of fused-ring (bicyclic) bond motifs is 1. The Morgan fingerprint density at radius 2 is 1.29 bits per heavy atom. The Morgan fingerprint density at radius 3 is 1.97 bits per heavy atom. The van der Waals surface area contributed by atoms with Crippen LogP contribution in [-0.2, 0) is 11.2 Å². The van der Waals surface area contributed by atoms with Gasteiger partial charge in [0, 0.05) is 18.2 Å². The van der Waals surface area contributed by atoms with Crippen LogP contribution in [0.3, 0.4) is 0 Å². The van der Waals surface area contributed by atoms with Crippen molar-refractivity contribution in [2.24, 2.45) is 0 Å². The maximum absolute atomic E-state index is 14.6. The number of hydrogen-bond donors (Lipinski definition) is 0. The van der Waals surface area contributed by atoms with Crippen LogP contribution in [0, 0.1) is 52.8 Å². The Morgan fingerprint density at radius 1 is 0.600 bits per heavy atom. The van der Waals surface area contributed by atoms with Crippen molar-refractivity contribution < 1.29 is 26.7 Å². The van der Waals surface area contributed by atoms with Gasteiger partial charge in [-0.3, -0.25) is 0 Å². The van der Waals surface area contributed by atoms with Gasteiger partial charge in [-0.1, -0.05) is 35.8 Å². The smallest absolute Gasteiger partial charge is 0.159 e. The fraction of sp³-hybridized carbons (Fsp3) is 0.103. The van der Waals surface area contributed by atoms with E-state index in [1.165, 1.54) is 30.3 Å². The number of ether oxygens (including phenoxy) is 1. The van der Waals surface area contributed by atoms with E-state index < -0.39 is 34.6 Å². The molecule has 0 radical (unpaired) electrons. The topological polar surface area (TPSA) is 9.23 Å². The lowest BCUT2D eigenvalue weighted by Gasteiger charge is -2.02. The maximum Gasteiger partial charge on any atom is 0.159 e. The summed E-state index contributed by atoms with van der Waals surface area (Å²) in [4.78, 5) is 0. The fourth-order valence-electron chi connectivity index (χ4n) is 3.39. The first-order chi connectivity index (χ1) is 16.8. The van der Waals surface area contributed by atoms with Gasteiger partial charge >= 0.3 is 0 Å². The molecule has 0 aliphatic heterocycles. The standard InChI is InChI=1S/C29H17F5O/c1-35-11-10-19-2-6-21(25(30)13-19)7-4-20-14-26(31)24(27(32)15-20)9-5-18-3-8-22-16-28(33)29(34)17-23(22)12-18/h2-3,6,8,12-17H,10-11H2,1H3. The van der Waals surface area contributed by atoms with E-state index in [2.05, 4.69) is 23.7 Å². The van der Waals surface area contributed by atoms with E-state index in [1.54, 1.807) is 13.2 Å². The second kappa shape index (κ2) is 10.4. The zero-order valence-corrected chi connectivity index (χ0v) is 18.5. The molecule has 4 rings (SSSR count). The minimum absolute atomic E-state index is 0.0246. The molecule has 1 nitrogen and oxygen atoms in total. The molecule has 0 aliphatic carbocycles. The second-order valence-electron chi connectivity index (χ2n) is 7.70. The summed E-state index contributed by atoms with van der Waals surface area (Å²) in [7, 11) is 1.56. The third-order valence-corrected chi connectivity index (χ3v) is 5.22. The molecule has 0 atom stereocenters. The lowest BCUT2D eigenvalue weighted by Crippen LogP contribution is -1.96. The lowest BCUT2D eigenvalue weighted by atomic mass is 10.1. The third kappa shape index (κ3) is 5.69. The molecule has 0 aromatic heterocycles. The number of halogens is 5. The van der Waals surface area contributed by atoms with Gasteiger partial charge < -0.3 is 4.74 Å². The van der Waals surface area contributed by atoms with Gasteiger partial charge in [-0.15, -0.1) is 0 Å². The summed E-state index contributed by atoms with van der Waals surface area (Å²) in [5.74, 6) is 5.87. The molecule has 0 saturated heterocycles. The third-order valence-electron chi connectivity index (χ3n) is 5.22. The molecule has 0 N–H and O–H groups in total. The Kier molecular flexibility index (Phi) is 7.15. The van der Waals surface area contributed by atoms with Crippen LogP contribution in [0.25, 0.3) is 10.8 Å². The van der Waals surface area contributed by atoms with E-state index in [0.29, 0.717) is 29.4 Å². The van der Waals surface area contributed by atoms with Crippen molar-refractivity contribution in [1.29, 1.82) is 0 Å². The van der Waals surface area contributed by atoms with Crippen molar-refractivity contribution in [2.75, 3.05) is 13.7 Å². The highest BCUT2D eigenvalue weighted by atomic mass is 19.2. The average molecular weight is 476 g/mol. The Bertz CT molecular complexity index is 1530. The summed E-state index contributed by atoms with van der Waals surface area (Å²) in [5, 5.41) is 0.872. The summed E-state index contributed by atoms with van der Waals surface area (Å²) in [5.41, 5.74) is 0.781. The predicted molar refractivity (Wildman–Crippen MR) is 124 cm³/mol. The van der Waals surface area contributed by atoms with E-state index >= 15 is 0 Å². The number of methoxy groups -OCH3 is 1. The largest absolute Gasteiger partial charge is 0.384 e. The second-order valence-corrected chi connectivity index (χ2v) is 7.70. The maximum atomic E-state index is 14.6. The monoisotopic (exact) mass is 476 g/mol. The van der Waals surface area contributed by atoms with Gasteiger partial charge in [0.15, 0.2) is 11.6 Å². The molecule has 4 aromatic carbocycles. The Labute approximate surface area is 199 Å². The molecule has 174 valence electrons. The number of hydrogen-bond acceptors (Lipinski definition) is 1. The number of benzene rings is 4. The van der Waals surface area contributed by atoms with Crippen LogP contribution in [0.5, 0.6) is 0 Å². The Balaban J connectivity index is 1.58. The predicted octanol–water partition coefficient (Wildman–Crippen LogP) is 6.52. The van der Waals surface area contributed by atoms with Crippen molar-refractivity contribution in [3.8, 4) is 23.7 Å². The van der Waals surface area contributed by atoms with Gasteiger partial charge in [0.25, 0.3) is 0 Å². The van der Waals surface area contributed by atoms with E-state index in [0.717, 1.165) is 29.8 Å². The van der Waals surface area contributed by atoms with Crippen molar-refractivity contribution in [3.63, 3.8) is 0 Å². The summed E-state index contributed by atoms with van der Waals surface area (Å²) < 4.78 is 75.2. The highest BCUT2D eigenvalue weighted by Gasteiger charge is 2.09. The van der Waals surface area contributed by atoms with Gasteiger partial charge in [0.1, 0.15) is 17.5 Å². The van der Waals surface area contributed by atoms with Gasteiger partial charge in [-0.2, -0.15) is 0 Å². The summed E-state index contributed by atoms with van der Waals surface area (Å²) in [6.45, 7) is 0.456. The number of rotatable bonds is 3. The van der Waals surface area contributed by atoms with Crippen LogP contribution >= 0.6 is 0 Å². The molecular weight excluding hydrogens is 459 g/mol. The van der Waals surface area contributed by atoms with E-state index in [1.807, 2.05) is 0 Å². The van der Waals surface area contributed by atoms with Crippen LogP contribution in [-0.4, -0.2) is 13.7 Å². The molecule has 0 aliphatic rings. The van der Waals surface area contributed by atoms with Gasteiger partial charge in [-0.25, -0.2) is 22.0 Å². The van der Waals surface area contributed by atoms with Gasteiger partial charge in [0.05, 0.1) is 17.7 Å². The first kappa shape index (κ1) is 24.0. The lowest BCUT2D eigenvalue weighted by molar-refractivity contribution is 0.202. The van der Waals surface area contributed by atoms with Gasteiger partial charge in [0.2, 0.25) is 0 Å². The first-order valence-corrected chi connectivity index (χ1v) is 10.5. The van der Waals surface area contributed by atoms with Crippen molar-refractivity contribution >= 4 is 10.8 Å². The highest BCUT2D eigenvalue weighted by Crippen LogP contribution is 2.20. The SMILES string of the molecule is COCCc1ccc(C#Cc2cc(F)c(C#Cc3ccc4cc(F)c(F)cc4c3)c(F)c2)c(F)c1. The zero-order valence-electron chi connectivity index (χ0n) is 18.5. The van der Waals surface area contributed by atoms with Crippen LogP contribution in [0.1, 0.15) is 27.8 Å². The molecule has 0 heterocycles. The molecule has 4 aromatic rings. The van der Waals surface area contributed by atoms with E-state index in [-0.39, 0.29) is 11.1 Å². The van der Waals surface area contributed by atoms with E-state index in [4.69, 9.17) is 4.74 Å². The molecule has 35 heavy (non-hydrogen) atoms. The fourth-order valence-corrected chi connectivity index (χ4v) is 3.39. The van der Waals surface area contributed by atoms with Crippen LogP contribution < -0.4 is 0 Å². The molecule has 0 amide bonds. The molecule has 0 saturated carbocycles. The van der Waals surface area contributed by atoms with E-state index in [9.17, 15) is 22.0 Å². The van der Waals surface area contributed by atoms with Crippen molar-refractivity contribution in [3.05, 3.63) is 118 Å². The van der Waals surface area contributed by atoms with Gasteiger partial charge in [-0.05, 0) is 71.3 Å². The van der Waals surface area contributed by atoms with Crippen molar-refractivity contribution in [1.82, 2.24) is 0 Å². The Hall–Kier alpha value is -4.13. The molecule has 6 heteroatoms. The highest BCUT2D eigenvalue weighted by molar-refractivity contribution is 5.84. The quantitative estimate of drug-likeness (QED) is 0.242. The minimum Gasteiger partial charge on any atom is -0.384 e. The zero-order chi connectivity index (χ0) is 24.9. The first-order valence-electron chi connectivity index (χ1n) is 10.5. The molecule has 0 bridgehead atoms. The molecule has 0 spiro atoms. The minimum atomic E-state index is -1.00. The van der Waals surface area contributed by atoms with Crippen LogP contribution in [0.15, 0.2) is 60.7 Å². The van der Waals surface area contributed by atoms with Crippen LogP contribution in [0.4, 0.5) is 22.0 Å².